The minimum atomic E-state index is 0.544. The molecule has 2 fully saturated rings. The lowest BCUT2D eigenvalue weighted by Gasteiger charge is -2.29. The molecule has 2 aliphatic heterocycles. The van der Waals surface area contributed by atoms with Gasteiger partial charge in [0.2, 0.25) is 0 Å². The normalized spacial score (nSPS) is 23.6. The number of piperazine rings is 1. The molecule has 0 aliphatic carbocycles. The Hall–Kier alpha value is -1.27. The van der Waals surface area contributed by atoms with E-state index in [0.717, 1.165) is 37.7 Å². The van der Waals surface area contributed by atoms with Gasteiger partial charge in [0.15, 0.2) is 11.5 Å². The lowest BCUT2D eigenvalue weighted by Crippen LogP contribution is -2.43. The van der Waals surface area contributed by atoms with Crippen LogP contribution in [-0.4, -0.2) is 52.3 Å². The zero-order chi connectivity index (χ0) is 13.4. The third kappa shape index (κ3) is 2.27. The number of rotatable bonds is 2. The second-order valence-electron chi connectivity index (χ2n) is 5.46. The highest BCUT2D eigenvalue weighted by Gasteiger charge is 2.22. The first-order valence-electron chi connectivity index (χ1n) is 7.30. The molecule has 2 aliphatic rings. The maximum Gasteiger partial charge on any atom is 0.157 e. The van der Waals surface area contributed by atoms with Crippen molar-refractivity contribution in [2.24, 2.45) is 0 Å². The first-order chi connectivity index (χ1) is 9.90. The molecular weight excluding hydrogens is 270 g/mol. The first kappa shape index (κ1) is 12.5. The van der Waals surface area contributed by atoms with E-state index in [2.05, 4.69) is 27.4 Å². The summed E-state index contributed by atoms with van der Waals surface area (Å²) in [6, 6.07) is 4.32. The summed E-state index contributed by atoms with van der Waals surface area (Å²) in [5.74, 6) is 3.98. The zero-order valence-electron chi connectivity index (χ0n) is 11.5. The van der Waals surface area contributed by atoms with E-state index in [0.29, 0.717) is 5.92 Å². The minimum absolute atomic E-state index is 0.544. The van der Waals surface area contributed by atoms with Crippen LogP contribution in [0.1, 0.15) is 18.2 Å². The van der Waals surface area contributed by atoms with Crippen molar-refractivity contribution in [2.45, 2.75) is 12.3 Å². The van der Waals surface area contributed by atoms with Crippen LogP contribution in [0, 0.1) is 0 Å². The summed E-state index contributed by atoms with van der Waals surface area (Å²) in [6.45, 7) is 4.25. The highest BCUT2D eigenvalue weighted by molar-refractivity contribution is 7.99. The van der Waals surface area contributed by atoms with Gasteiger partial charge in [-0.1, -0.05) is 0 Å². The third-order valence-corrected chi connectivity index (χ3v) is 5.28. The predicted octanol–water partition coefficient (Wildman–Crippen LogP) is 1.36. The molecule has 0 radical (unpaired) electrons. The average molecular weight is 289 g/mol. The first-order valence-corrected chi connectivity index (χ1v) is 8.45. The largest absolute Gasteiger partial charge is 0.369 e. The average Bonchev–Trinajstić information content (AvgIpc) is 3.16. The maximum atomic E-state index is 4.75. The molecule has 0 spiro atoms. The number of nitrogens with zero attached hydrogens (tertiary/aromatic N) is 4. The van der Waals surface area contributed by atoms with E-state index in [-0.39, 0.29) is 0 Å². The Labute approximate surface area is 122 Å². The van der Waals surface area contributed by atoms with Crippen molar-refractivity contribution >= 4 is 23.1 Å². The molecule has 0 saturated carbocycles. The number of aromatic nitrogens is 3. The van der Waals surface area contributed by atoms with Crippen molar-refractivity contribution in [3.05, 3.63) is 24.2 Å². The Morgan fingerprint density at radius 3 is 3.00 bits per heavy atom. The highest BCUT2D eigenvalue weighted by atomic mass is 32.2. The SMILES string of the molecule is c1cn2nc(C3CCSC3)nc2cc1N1CCNCC1. The van der Waals surface area contributed by atoms with E-state index in [1.807, 2.05) is 22.5 Å². The van der Waals surface area contributed by atoms with Crippen LogP contribution in [0.15, 0.2) is 18.3 Å². The summed E-state index contributed by atoms with van der Waals surface area (Å²) in [7, 11) is 0. The Bertz CT molecular complexity index is 599. The van der Waals surface area contributed by atoms with Crippen molar-refractivity contribution in [2.75, 3.05) is 42.6 Å². The van der Waals surface area contributed by atoms with Crippen LogP contribution < -0.4 is 10.2 Å². The van der Waals surface area contributed by atoms with Gasteiger partial charge in [-0.05, 0) is 18.2 Å². The third-order valence-electron chi connectivity index (χ3n) is 4.11. The lowest BCUT2D eigenvalue weighted by molar-refractivity contribution is 0.589. The Kier molecular flexibility index (Phi) is 3.28. The molecule has 106 valence electrons. The molecule has 0 aromatic carbocycles. The number of thioether (sulfide) groups is 1. The van der Waals surface area contributed by atoms with Crippen LogP contribution in [-0.2, 0) is 0 Å². The highest BCUT2D eigenvalue weighted by Crippen LogP contribution is 2.30. The molecule has 2 aromatic heterocycles. The molecule has 5 nitrogen and oxygen atoms in total. The maximum absolute atomic E-state index is 4.75. The Balaban J connectivity index is 1.64. The number of anilines is 1. The van der Waals surface area contributed by atoms with E-state index in [1.165, 1.54) is 23.6 Å². The van der Waals surface area contributed by atoms with Crippen LogP contribution in [0.5, 0.6) is 0 Å². The second kappa shape index (κ2) is 5.26. The smallest absolute Gasteiger partial charge is 0.157 e. The van der Waals surface area contributed by atoms with E-state index in [9.17, 15) is 0 Å². The van der Waals surface area contributed by atoms with Crippen LogP contribution >= 0.6 is 11.8 Å². The van der Waals surface area contributed by atoms with Gasteiger partial charge in [-0.15, -0.1) is 0 Å². The van der Waals surface area contributed by atoms with Gasteiger partial charge in [0.25, 0.3) is 0 Å². The Morgan fingerprint density at radius 1 is 1.30 bits per heavy atom. The number of fused-ring (bicyclic) bond motifs is 1. The number of hydrogen-bond donors (Lipinski definition) is 1. The molecule has 1 atom stereocenters. The zero-order valence-corrected chi connectivity index (χ0v) is 12.3. The molecule has 4 heterocycles. The molecule has 0 bridgehead atoms. The summed E-state index contributed by atoms with van der Waals surface area (Å²) < 4.78 is 1.92. The molecule has 2 aromatic rings. The van der Waals surface area contributed by atoms with Crippen molar-refractivity contribution < 1.29 is 0 Å². The molecule has 0 amide bonds. The van der Waals surface area contributed by atoms with Crippen molar-refractivity contribution in [1.29, 1.82) is 0 Å². The summed E-state index contributed by atoms with van der Waals surface area (Å²) in [5, 5.41) is 8.03. The number of hydrogen-bond acceptors (Lipinski definition) is 5. The number of nitrogens with one attached hydrogen (secondary N) is 1. The van der Waals surface area contributed by atoms with Crippen LogP contribution in [0.25, 0.3) is 5.65 Å². The van der Waals surface area contributed by atoms with E-state index >= 15 is 0 Å². The summed E-state index contributed by atoms with van der Waals surface area (Å²) >= 11 is 2.01. The summed E-state index contributed by atoms with van der Waals surface area (Å²) in [5.41, 5.74) is 2.24. The molecular formula is C14H19N5S. The second-order valence-corrected chi connectivity index (χ2v) is 6.61. The van der Waals surface area contributed by atoms with E-state index in [4.69, 9.17) is 4.98 Å². The number of pyridine rings is 1. The lowest BCUT2D eigenvalue weighted by atomic mass is 10.1. The Morgan fingerprint density at radius 2 is 2.20 bits per heavy atom. The van der Waals surface area contributed by atoms with Gasteiger partial charge in [-0.3, -0.25) is 0 Å². The molecule has 4 rings (SSSR count). The van der Waals surface area contributed by atoms with Crippen LogP contribution in [0.4, 0.5) is 5.69 Å². The molecule has 20 heavy (non-hydrogen) atoms. The quantitative estimate of drug-likeness (QED) is 0.904. The van der Waals surface area contributed by atoms with Gasteiger partial charge in [0.05, 0.1) is 0 Å². The van der Waals surface area contributed by atoms with Crippen LogP contribution in [0.3, 0.4) is 0 Å². The van der Waals surface area contributed by atoms with Gasteiger partial charge in [-0.2, -0.15) is 16.9 Å². The monoisotopic (exact) mass is 289 g/mol. The summed E-state index contributed by atoms with van der Waals surface area (Å²) in [4.78, 5) is 7.16. The van der Waals surface area contributed by atoms with Crippen molar-refractivity contribution in [3.63, 3.8) is 0 Å². The minimum Gasteiger partial charge on any atom is -0.369 e. The fourth-order valence-electron chi connectivity index (χ4n) is 2.92. The fourth-order valence-corrected chi connectivity index (χ4v) is 4.14. The van der Waals surface area contributed by atoms with Gasteiger partial charge >= 0.3 is 0 Å². The molecule has 1 unspecified atom stereocenters. The van der Waals surface area contributed by atoms with Gasteiger partial charge in [-0.25, -0.2) is 9.50 Å². The summed E-state index contributed by atoms with van der Waals surface area (Å²) in [6.07, 6.45) is 3.26. The van der Waals surface area contributed by atoms with Crippen molar-refractivity contribution in [1.82, 2.24) is 19.9 Å². The molecule has 6 heteroatoms. The van der Waals surface area contributed by atoms with Gasteiger partial charge < -0.3 is 10.2 Å². The van der Waals surface area contributed by atoms with Gasteiger partial charge in [0.1, 0.15) is 0 Å². The van der Waals surface area contributed by atoms with Crippen LogP contribution in [0.2, 0.25) is 0 Å². The predicted molar refractivity (Wildman–Crippen MR) is 82.8 cm³/mol. The molecule has 1 N–H and O–H groups in total. The topological polar surface area (TPSA) is 45.5 Å². The van der Waals surface area contributed by atoms with Crippen molar-refractivity contribution in [3.8, 4) is 0 Å². The van der Waals surface area contributed by atoms with Gasteiger partial charge in [0, 0.05) is 55.8 Å². The van der Waals surface area contributed by atoms with E-state index < -0.39 is 0 Å². The van der Waals surface area contributed by atoms with E-state index in [1.54, 1.807) is 0 Å². The molecule has 2 saturated heterocycles. The fraction of sp³-hybridized carbons (Fsp3) is 0.571. The standard InChI is InChI=1S/C14H19N5S/c1-5-19-13(9-12(1)18-6-3-15-4-7-18)16-14(17-19)11-2-8-20-10-11/h1,5,9,11,15H,2-4,6-8,10H2.